The third-order valence-corrected chi connectivity index (χ3v) is 4.44. The van der Waals surface area contributed by atoms with Crippen LogP contribution in [0.25, 0.3) is 11.1 Å². The molecular formula is C13H7Cl2NO3S. The zero-order chi connectivity index (χ0) is 14.4. The maximum Gasteiger partial charge on any atom is 0.419 e. The number of carbonyl (C=O) groups is 1. The first-order valence-electron chi connectivity index (χ1n) is 5.56. The van der Waals surface area contributed by atoms with E-state index >= 15 is 0 Å². The number of hydrogen-bond donors (Lipinski definition) is 0. The molecule has 2 heterocycles. The third kappa shape index (κ3) is 2.08. The van der Waals surface area contributed by atoms with Crippen LogP contribution in [-0.4, -0.2) is 10.4 Å². The molecule has 0 N–H and O–H groups in total. The van der Waals surface area contributed by atoms with Gasteiger partial charge in [0.05, 0.1) is 15.4 Å². The molecule has 0 saturated heterocycles. The molecule has 20 heavy (non-hydrogen) atoms. The van der Waals surface area contributed by atoms with Crippen LogP contribution >= 0.6 is 34.5 Å². The van der Waals surface area contributed by atoms with Gasteiger partial charge in [0, 0.05) is 12.6 Å². The Morgan fingerprint density at radius 1 is 1.30 bits per heavy atom. The second-order valence-electron chi connectivity index (χ2n) is 4.18. The molecule has 0 aliphatic rings. The van der Waals surface area contributed by atoms with Gasteiger partial charge in [-0.25, -0.2) is 4.79 Å². The van der Waals surface area contributed by atoms with E-state index in [-0.39, 0.29) is 5.78 Å². The van der Waals surface area contributed by atoms with Gasteiger partial charge in [0.15, 0.2) is 11.4 Å². The summed E-state index contributed by atoms with van der Waals surface area (Å²) in [5.41, 5.74) is 1.73. The number of thiophene rings is 1. The Hall–Kier alpha value is -1.56. The second-order valence-corrected chi connectivity index (χ2v) is 6.46. The van der Waals surface area contributed by atoms with E-state index in [2.05, 4.69) is 0 Å². The van der Waals surface area contributed by atoms with Gasteiger partial charge in [-0.2, -0.15) is 0 Å². The number of carbonyl (C=O) groups excluding carboxylic acids is 1. The fourth-order valence-electron chi connectivity index (χ4n) is 1.93. The van der Waals surface area contributed by atoms with Crippen molar-refractivity contribution in [1.82, 2.24) is 4.57 Å². The van der Waals surface area contributed by atoms with E-state index in [0.717, 1.165) is 11.3 Å². The summed E-state index contributed by atoms with van der Waals surface area (Å²) in [7, 11) is 1.60. The number of halogens is 2. The molecule has 0 radical (unpaired) electrons. The number of ketones is 1. The van der Waals surface area contributed by atoms with Gasteiger partial charge < -0.3 is 4.42 Å². The highest BCUT2D eigenvalue weighted by molar-refractivity contribution is 7.20. The van der Waals surface area contributed by atoms with E-state index < -0.39 is 5.76 Å². The molecule has 0 atom stereocenters. The smallest absolute Gasteiger partial charge is 0.408 e. The van der Waals surface area contributed by atoms with Crippen LogP contribution in [0, 0.1) is 0 Å². The summed E-state index contributed by atoms with van der Waals surface area (Å²) in [6.07, 6.45) is 0. The van der Waals surface area contributed by atoms with Crippen LogP contribution in [0.3, 0.4) is 0 Å². The van der Waals surface area contributed by atoms with Crippen molar-refractivity contribution in [3.05, 3.63) is 54.6 Å². The summed E-state index contributed by atoms with van der Waals surface area (Å²) in [5.74, 6) is -0.729. The van der Waals surface area contributed by atoms with Crippen molar-refractivity contribution in [2.75, 3.05) is 0 Å². The maximum absolute atomic E-state index is 12.4. The number of rotatable bonds is 2. The fraction of sp³-hybridized carbons (Fsp3) is 0.0769. The van der Waals surface area contributed by atoms with Crippen molar-refractivity contribution < 1.29 is 9.21 Å². The first-order valence-corrected chi connectivity index (χ1v) is 7.13. The van der Waals surface area contributed by atoms with Crippen LogP contribution in [0.4, 0.5) is 0 Å². The topological polar surface area (TPSA) is 52.2 Å². The number of fused-ring (bicyclic) bond motifs is 1. The highest BCUT2D eigenvalue weighted by atomic mass is 35.5. The summed E-state index contributed by atoms with van der Waals surface area (Å²) in [5, 5.41) is 0. The maximum atomic E-state index is 12.4. The Balaban J connectivity index is 2.13. The fourth-order valence-corrected chi connectivity index (χ4v) is 3.38. The summed E-state index contributed by atoms with van der Waals surface area (Å²) in [4.78, 5) is 23.8. The van der Waals surface area contributed by atoms with Gasteiger partial charge in [-0.1, -0.05) is 23.2 Å². The van der Waals surface area contributed by atoms with Crippen LogP contribution in [0.1, 0.15) is 15.9 Å². The van der Waals surface area contributed by atoms with Gasteiger partial charge in [0.2, 0.25) is 0 Å². The van der Waals surface area contributed by atoms with Crippen molar-refractivity contribution in [1.29, 1.82) is 0 Å². The Kier molecular flexibility index (Phi) is 3.20. The number of nitrogens with zero attached hydrogens (tertiary/aromatic N) is 1. The van der Waals surface area contributed by atoms with Crippen molar-refractivity contribution >= 4 is 51.4 Å². The van der Waals surface area contributed by atoms with E-state index in [1.165, 1.54) is 16.7 Å². The predicted octanol–water partition coefficient (Wildman–Crippen LogP) is 3.73. The molecule has 7 heteroatoms. The standard InChI is InChI=1S/C13H7Cl2NO3S/c1-16-8-3-2-6(4-9(8)19-13(16)18)11(17)7-5-10(14)20-12(7)15/h2-5H,1H3. The number of aryl methyl sites for hydroxylation is 1. The normalized spacial score (nSPS) is 11.2. The number of benzene rings is 1. The van der Waals surface area contributed by atoms with Crippen molar-refractivity contribution in [2.45, 2.75) is 0 Å². The quantitative estimate of drug-likeness (QED) is 0.674. The van der Waals surface area contributed by atoms with Crippen LogP contribution in [-0.2, 0) is 7.05 Å². The lowest BCUT2D eigenvalue weighted by molar-refractivity contribution is 0.103. The molecule has 0 fully saturated rings. The Morgan fingerprint density at radius 3 is 2.70 bits per heavy atom. The molecule has 0 aliphatic carbocycles. The minimum absolute atomic E-state index is 0.258. The van der Waals surface area contributed by atoms with E-state index in [4.69, 9.17) is 27.6 Å². The summed E-state index contributed by atoms with van der Waals surface area (Å²) in [6, 6.07) is 6.35. The van der Waals surface area contributed by atoms with E-state index in [0.29, 0.717) is 30.9 Å². The molecule has 0 saturated carbocycles. The largest absolute Gasteiger partial charge is 0.419 e. The molecule has 102 valence electrons. The van der Waals surface area contributed by atoms with Crippen LogP contribution in [0.2, 0.25) is 8.67 Å². The first-order chi connectivity index (χ1) is 9.47. The Bertz CT molecular complexity index is 891. The highest BCUT2D eigenvalue weighted by Gasteiger charge is 2.17. The van der Waals surface area contributed by atoms with E-state index in [9.17, 15) is 9.59 Å². The molecule has 0 amide bonds. The van der Waals surface area contributed by atoms with Crippen molar-refractivity contribution in [3.63, 3.8) is 0 Å². The second kappa shape index (κ2) is 4.77. The van der Waals surface area contributed by atoms with Crippen molar-refractivity contribution in [2.24, 2.45) is 7.05 Å². The van der Waals surface area contributed by atoms with Crippen molar-refractivity contribution in [3.8, 4) is 0 Å². The highest BCUT2D eigenvalue weighted by Crippen LogP contribution is 2.32. The zero-order valence-corrected chi connectivity index (χ0v) is 12.5. The molecule has 4 nitrogen and oxygen atoms in total. The van der Waals surface area contributed by atoms with E-state index in [1.807, 2.05) is 0 Å². The molecule has 0 aliphatic heterocycles. The summed E-state index contributed by atoms with van der Waals surface area (Å²) in [6.45, 7) is 0. The summed E-state index contributed by atoms with van der Waals surface area (Å²) < 4.78 is 7.22. The van der Waals surface area contributed by atoms with Gasteiger partial charge in [0.25, 0.3) is 0 Å². The van der Waals surface area contributed by atoms with Gasteiger partial charge in [-0.15, -0.1) is 11.3 Å². The Labute approximate surface area is 127 Å². The van der Waals surface area contributed by atoms with Crippen LogP contribution in [0.5, 0.6) is 0 Å². The number of hydrogen-bond acceptors (Lipinski definition) is 4. The molecular weight excluding hydrogens is 321 g/mol. The van der Waals surface area contributed by atoms with Gasteiger partial charge in [-0.05, 0) is 24.3 Å². The average Bonchev–Trinajstić information content (AvgIpc) is 2.89. The molecule has 3 aromatic rings. The molecule has 3 rings (SSSR count). The van der Waals surface area contributed by atoms with Gasteiger partial charge in [0.1, 0.15) is 4.34 Å². The Morgan fingerprint density at radius 2 is 2.05 bits per heavy atom. The predicted molar refractivity (Wildman–Crippen MR) is 79.2 cm³/mol. The zero-order valence-electron chi connectivity index (χ0n) is 10.1. The molecule has 0 unspecified atom stereocenters. The summed E-state index contributed by atoms with van der Waals surface area (Å²) >= 11 is 12.9. The lowest BCUT2D eigenvalue weighted by atomic mass is 10.1. The SMILES string of the molecule is Cn1c(=O)oc2cc(C(=O)c3cc(Cl)sc3Cl)ccc21. The lowest BCUT2D eigenvalue weighted by Crippen LogP contribution is -2.08. The molecule has 2 aromatic heterocycles. The lowest BCUT2D eigenvalue weighted by Gasteiger charge is -1.99. The third-order valence-electron chi connectivity index (χ3n) is 2.96. The first kappa shape index (κ1) is 13.4. The molecule has 0 bridgehead atoms. The van der Waals surface area contributed by atoms with Gasteiger partial charge in [-0.3, -0.25) is 9.36 Å². The van der Waals surface area contributed by atoms with E-state index in [1.54, 1.807) is 19.2 Å². The average molecular weight is 328 g/mol. The van der Waals surface area contributed by atoms with Gasteiger partial charge >= 0.3 is 5.76 Å². The monoisotopic (exact) mass is 327 g/mol. The van der Waals surface area contributed by atoms with Crippen LogP contribution in [0.15, 0.2) is 33.5 Å². The minimum atomic E-state index is -0.471. The minimum Gasteiger partial charge on any atom is -0.408 e. The van der Waals surface area contributed by atoms with Crippen LogP contribution < -0.4 is 5.76 Å². The molecule has 0 spiro atoms. The molecule has 1 aromatic carbocycles. The number of oxazole rings is 1. The number of aromatic nitrogens is 1.